The number of nitrogens with zero attached hydrogens (tertiary/aromatic N) is 4. The van der Waals surface area contributed by atoms with Gasteiger partial charge >= 0.3 is 12.1 Å². The molecule has 2 aliphatic heterocycles. The third kappa shape index (κ3) is 4.15. The molecule has 176 valence electrons. The minimum atomic E-state index is -1.65. The Kier molecular flexibility index (Phi) is 6.07. The summed E-state index contributed by atoms with van der Waals surface area (Å²) >= 11 is 0. The Bertz CT molecular complexity index is 1100. The van der Waals surface area contributed by atoms with Crippen molar-refractivity contribution in [2.75, 3.05) is 19.1 Å². The molecule has 2 fully saturated rings. The molecule has 0 unspecified atom stereocenters. The van der Waals surface area contributed by atoms with E-state index in [1.807, 2.05) is 0 Å². The van der Waals surface area contributed by atoms with Crippen LogP contribution in [0.2, 0.25) is 0 Å². The van der Waals surface area contributed by atoms with Gasteiger partial charge in [-0.1, -0.05) is 0 Å². The summed E-state index contributed by atoms with van der Waals surface area (Å²) in [6.45, 7) is 4.81. The van der Waals surface area contributed by atoms with Crippen LogP contribution in [-0.4, -0.2) is 70.0 Å². The number of carbonyl (C=O) groups excluding carboxylic acids is 2. The summed E-state index contributed by atoms with van der Waals surface area (Å²) in [7, 11) is 0. The van der Waals surface area contributed by atoms with E-state index in [1.165, 1.54) is 10.8 Å². The van der Waals surface area contributed by atoms with Gasteiger partial charge in [0, 0.05) is 0 Å². The van der Waals surface area contributed by atoms with Crippen LogP contribution in [0, 0.1) is 11.3 Å². The van der Waals surface area contributed by atoms with E-state index in [2.05, 4.69) is 21.5 Å². The van der Waals surface area contributed by atoms with Gasteiger partial charge in [0.25, 0.3) is 0 Å². The summed E-state index contributed by atoms with van der Waals surface area (Å²) < 4.78 is 28.9. The first-order valence-electron chi connectivity index (χ1n) is 10.3. The van der Waals surface area contributed by atoms with Gasteiger partial charge < -0.3 is 29.4 Å². The number of rotatable bonds is 8. The van der Waals surface area contributed by atoms with E-state index in [1.54, 1.807) is 32.9 Å². The molecule has 0 aliphatic carbocycles. The Hall–Kier alpha value is -3.47. The number of nitrogen functional groups attached to an aromatic ring is 1. The second-order valence-electron chi connectivity index (χ2n) is 8.02. The van der Waals surface area contributed by atoms with Crippen molar-refractivity contribution >= 4 is 23.5 Å². The molecule has 0 aromatic carbocycles. The van der Waals surface area contributed by atoms with Crippen molar-refractivity contribution in [2.45, 2.75) is 56.8 Å². The number of aromatic nitrogens is 3. The van der Waals surface area contributed by atoms with Crippen LogP contribution < -0.4 is 11.1 Å². The van der Waals surface area contributed by atoms with Gasteiger partial charge in [-0.05, 0) is 32.9 Å². The van der Waals surface area contributed by atoms with Crippen LogP contribution in [0.3, 0.4) is 0 Å². The SMILES string of the molecule is CC(C)OC(=O)[C@H](C)NCOC[C@@]1(C#N)O[C@@H](c2ccc3c(N)ncnn23)[C@@H]2OC(=O)O[C@@H]21. The smallest absolute Gasteiger partial charge is 0.462 e. The lowest BCUT2D eigenvalue weighted by Crippen LogP contribution is -2.46. The van der Waals surface area contributed by atoms with Gasteiger partial charge in [0.1, 0.15) is 30.1 Å². The molecule has 2 aromatic heterocycles. The molecule has 0 bridgehead atoms. The molecule has 5 atom stereocenters. The second kappa shape index (κ2) is 8.81. The number of nitriles is 1. The van der Waals surface area contributed by atoms with Crippen LogP contribution in [-0.2, 0) is 28.5 Å². The van der Waals surface area contributed by atoms with Crippen molar-refractivity contribution in [1.29, 1.82) is 5.26 Å². The summed E-state index contributed by atoms with van der Waals surface area (Å²) in [4.78, 5) is 27.8. The molecule has 0 spiro atoms. The summed E-state index contributed by atoms with van der Waals surface area (Å²) in [6.07, 6.45) is -2.66. The minimum Gasteiger partial charge on any atom is -0.462 e. The zero-order valence-electron chi connectivity index (χ0n) is 18.3. The molecule has 13 nitrogen and oxygen atoms in total. The second-order valence-corrected chi connectivity index (χ2v) is 8.02. The predicted octanol–water partition coefficient (Wildman–Crippen LogP) is 0.453. The number of hydrogen-bond acceptors (Lipinski definition) is 12. The maximum Gasteiger partial charge on any atom is 0.509 e. The molecule has 0 radical (unpaired) electrons. The van der Waals surface area contributed by atoms with Crippen LogP contribution in [0.5, 0.6) is 0 Å². The van der Waals surface area contributed by atoms with Crippen molar-refractivity contribution in [1.82, 2.24) is 19.9 Å². The maximum absolute atomic E-state index is 11.9. The van der Waals surface area contributed by atoms with E-state index in [0.29, 0.717) is 11.2 Å². The fourth-order valence-corrected chi connectivity index (χ4v) is 3.77. The standard InChI is InChI=1S/C20H24N6O7/c1-10(2)30-18(27)11(3)24-9-29-7-20(6-21)16-15(31-19(28)32-16)14(33-20)12-4-5-13-17(22)23-8-25-26(12)13/h4-5,8,10-11,14-16,24H,7,9H2,1-3H3,(H2,22,23,25)/t11-,14-,15-,16-,20+/m0/s1. The van der Waals surface area contributed by atoms with Gasteiger partial charge in [-0.3, -0.25) is 10.1 Å². The van der Waals surface area contributed by atoms with E-state index in [-0.39, 0.29) is 25.3 Å². The number of anilines is 1. The number of esters is 1. The highest BCUT2D eigenvalue weighted by Crippen LogP contribution is 2.46. The molecular formula is C20H24N6O7. The van der Waals surface area contributed by atoms with Crippen molar-refractivity contribution in [2.24, 2.45) is 0 Å². The molecule has 0 saturated carbocycles. The molecule has 33 heavy (non-hydrogen) atoms. The Labute approximate surface area is 188 Å². The average Bonchev–Trinajstić information content (AvgIpc) is 3.44. The number of nitrogens with one attached hydrogen (secondary N) is 1. The molecule has 2 aromatic rings. The van der Waals surface area contributed by atoms with Crippen molar-refractivity contribution in [3.05, 3.63) is 24.2 Å². The van der Waals surface area contributed by atoms with Gasteiger partial charge in [0.2, 0.25) is 5.60 Å². The minimum absolute atomic E-state index is 0.0736. The summed E-state index contributed by atoms with van der Waals surface area (Å²) in [6, 6.07) is 4.84. The molecule has 0 amide bonds. The number of carbonyl (C=O) groups is 2. The van der Waals surface area contributed by atoms with Gasteiger partial charge in [0.05, 0.1) is 25.1 Å². The highest BCUT2D eigenvalue weighted by Gasteiger charge is 2.64. The molecule has 13 heteroatoms. The fourth-order valence-electron chi connectivity index (χ4n) is 3.77. The van der Waals surface area contributed by atoms with Crippen LogP contribution in [0.4, 0.5) is 10.6 Å². The van der Waals surface area contributed by atoms with Gasteiger partial charge in [0.15, 0.2) is 18.0 Å². The van der Waals surface area contributed by atoms with Crippen molar-refractivity contribution < 1.29 is 33.3 Å². The summed E-state index contributed by atoms with van der Waals surface area (Å²) in [5.41, 5.74) is 5.29. The number of hydrogen-bond donors (Lipinski definition) is 2. The monoisotopic (exact) mass is 460 g/mol. The van der Waals surface area contributed by atoms with E-state index in [0.717, 1.165) is 0 Å². The van der Waals surface area contributed by atoms with Crippen molar-refractivity contribution in [3.63, 3.8) is 0 Å². The number of nitrogens with two attached hydrogens (primary N) is 1. The third-order valence-electron chi connectivity index (χ3n) is 5.35. The first-order chi connectivity index (χ1) is 15.8. The van der Waals surface area contributed by atoms with E-state index in [9.17, 15) is 14.9 Å². The lowest BCUT2D eigenvalue weighted by Gasteiger charge is -2.25. The summed E-state index contributed by atoms with van der Waals surface area (Å²) in [5.74, 6) is -0.170. The summed E-state index contributed by atoms with van der Waals surface area (Å²) in [5, 5.41) is 17.0. The molecule has 4 rings (SSSR count). The van der Waals surface area contributed by atoms with E-state index in [4.69, 9.17) is 29.4 Å². The molecule has 2 aliphatic rings. The Morgan fingerprint density at radius 2 is 2.18 bits per heavy atom. The van der Waals surface area contributed by atoms with Crippen molar-refractivity contribution in [3.8, 4) is 6.07 Å². The average molecular weight is 460 g/mol. The van der Waals surface area contributed by atoms with E-state index < -0.39 is 42.1 Å². The van der Waals surface area contributed by atoms with Crippen LogP contribution >= 0.6 is 0 Å². The maximum atomic E-state index is 11.9. The predicted molar refractivity (Wildman–Crippen MR) is 109 cm³/mol. The Morgan fingerprint density at radius 3 is 2.91 bits per heavy atom. The largest absolute Gasteiger partial charge is 0.509 e. The van der Waals surface area contributed by atoms with Crippen LogP contribution in [0.25, 0.3) is 5.52 Å². The zero-order valence-corrected chi connectivity index (χ0v) is 18.3. The molecule has 4 heterocycles. The molecular weight excluding hydrogens is 436 g/mol. The molecule has 2 saturated heterocycles. The lowest BCUT2D eigenvalue weighted by molar-refractivity contribution is -0.150. The fraction of sp³-hybridized carbons (Fsp3) is 0.550. The van der Waals surface area contributed by atoms with Gasteiger partial charge in [-0.25, -0.2) is 14.3 Å². The van der Waals surface area contributed by atoms with Gasteiger partial charge in [-0.2, -0.15) is 10.4 Å². The first kappa shape index (κ1) is 22.7. The third-order valence-corrected chi connectivity index (χ3v) is 5.35. The quantitative estimate of drug-likeness (QED) is 0.317. The Balaban J connectivity index is 1.49. The topological polar surface area (TPSA) is 172 Å². The molecule has 3 N–H and O–H groups in total. The van der Waals surface area contributed by atoms with Crippen LogP contribution in [0.1, 0.15) is 32.6 Å². The highest BCUT2D eigenvalue weighted by atomic mass is 16.8. The van der Waals surface area contributed by atoms with E-state index >= 15 is 0 Å². The van der Waals surface area contributed by atoms with Crippen LogP contribution in [0.15, 0.2) is 18.5 Å². The highest BCUT2D eigenvalue weighted by molar-refractivity contribution is 5.75. The number of ether oxygens (including phenoxy) is 5. The lowest BCUT2D eigenvalue weighted by atomic mass is 9.96. The zero-order chi connectivity index (χ0) is 23.8. The Morgan fingerprint density at radius 1 is 1.39 bits per heavy atom. The normalized spacial score (nSPS) is 27.1. The first-order valence-corrected chi connectivity index (χ1v) is 10.3. The number of fused-ring (bicyclic) bond motifs is 2. The van der Waals surface area contributed by atoms with Gasteiger partial charge in [-0.15, -0.1) is 0 Å².